The maximum atomic E-state index is 12.2. The number of hydrogen-bond acceptors (Lipinski definition) is 5. The largest absolute Gasteiger partial charge is 0.393 e. The van der Waals surface area contributed by atoms with Crippen LogP contribution in [-0.2, 0) is 9.59 Å². The lowest BCUT2D eigenvalue weighted by molar-refractivity contribution is -0.123. The fourth-order valence-corrected chi connectivity index (χ4v) is 2.90. The van der Waals surface area contributed by atoms with Crippen LogP contribution in [0.2, 0.25) is 0 Å². The second kappa shape index (κ2) is 6.33. The molecule has 2 aliphatic rings. The molecule has 0 bridgehead atoms. The van der Waals surface area contributed by atoms with Crippen LogP contribution < -0.4 is 10.6 Å². The topological polar surface area (TPSA) is 112 Å². The van der Waals surface area contributed by atoms with Gasteiger partial charge in [0.2, 0.25) is 11.8 Å². The summed E-state index contributed by atoms with van der Waals surface area (Å²) in [7, 11) is 0. The Bertz CT molecular complexity index is 615. The maximum Gasteiger partial charge on any atom is 0.325 e. The van der Waals surface area contributed by atoms with E-state index in [1.165, 1.54) is 0 Å². The van der Waals surface area contributed by atoms with Gasteiger partial charge in [-0.1, -0.05) is 6.07 Å². The summed E-state index contributed by atoms with van der Waals surface area (Å²) in [6, 6.07) is 4.58. The number of carbonyl (C=O) groups is 3. The average molecular weight is 318 g/mol. The summed E-state index contributed by atoms with van der Waals surface area (Å²) in [6.45, 7) is -0.293. The summed E-state index contributed by atoms with van der Waals surface area (Å²) in [4.78, 5) is 40.3. The van der Waals surface area contributed by atoms with E-state index < -0.39 is 11.9 Å². The number of urea groups is 1. The minimum Gasteiger partial charge on any atom is -0.393 e. The average Bonchev–Trinajstić information content (AvgIpc) is 2.80. The van der Waals surface area contributed by atoms with Crippen molar-refractivity contribution in [3.05, 3.63) is 30.1 Å². The molecule has 0 aromatic carbocycles. The van der Waals surface area contributed by atoms with Crippen LogP contribution in [0, 0.1) is 5.92 Å². The summed E-state index contributed by atoms with van der Waals surface area (Å²) in [5, 5.41) is 14.5. The number of aliphatic hydroxyl groups excluding tert-OH is 1. The highest BCUT2D eigenvalue weighted by atomic mass is 16.3. The maximum absolute atomic E-state index is 12.2. The van der Waals surface area contributed by atoms with Gasteiger partial charge in [-0.05, 0) is 30.9 Å². The zero-order chi connectivity index (χ0) is 16.4. The van der Waals surface area contributed by atoms with Gasteiger partial charge in [0.1, 0.15) is 13.1 Å². The number of aromatic nitrogens is 1. The molecule has 3 N–H and O–H groups in total. The van der Waals surface area contributed by atoms with Crippen molar-refractivity contribution in [2.45, 2.75) is 25.0 Å². The van der Waals surface area contributed by atoms with Gasteiger partial charge in [0.15, 0.2) is 0 Å². The molecule has 4 amide bonds. The van der Waals surface area contributed by atoms with Crippen LogP contribution in [0.5, 0.6) is 0 Å². The van der Waals surface area contributed by atoms with E-state index in [0.29, 0.717) is 12.8 Å². The lowest BCUT2D eigenvalue weighted by Crippen LogP contribution is -2.45. The summed E-state index contributed by atoms with van der Waals surface area (Å²) < 4.78 is 0. The van der Waals surface area contributed by atoms with Crippen molar-refractivity contribution in [1.82, 2.24) is 20.5 Å². The molecule has 1 aromatic heterocycles. The van der Waals surface area contributed by atoms with Crippen LogP contribution in [0.25, 0.3) is 0 Å². The van der Waals surface area contributed by atoms with Crippen molar-refractivity contribution >= 4 is 17.8 Å². The molecule has 1 aliphatic heterocycles. The molecule has 1 aliphatic carbocycles. The van der Waals surface area contributed by atoms with E-state index >= 15 is 0 Å². The molecule has 0 unspecified atom stereocenters. The molecule has 23 heavy (non-hydrogen) atoms. The van der Waals surface area contributed by atoms with Crippen LogP contribution >= 0.6 is 0 Å². The molecule has 0 spiro atoms. The van der Waals surface area contributed by atoms with Crippen molar-refractivity contribution in [3.63, 3.8) is 0 Å². The second-order valence-electron chi connectivity index (χ2n) is 5.89. The van der Waals surface area contributed by atoms with E-state index in [1.54, 1.807) is 12.3 Å². The van der Waals surface area contributed by atoms with Crippen LogP contribution in [0.3, 0.4) is 0 Å². The molecule has 2 heterocycles. The van der Waals surface area contributed by atoms with Crippen molar-refractivity contribution in [2.75, 3.05) is 13.1 Å². The molecule has 0 radical (unpaired) electrons. The van der Waals surface area contributed by atoms with Gasteiger partial charge < -0.3 is 15.3 Å². The first-order valence-corrected chi connectivity index (χ1v) is 7.50. The second-order valence-corrected chi connectivity index (χ2v) is 5.89. The van der Waals surface area contributed by atoms with E-state index in [2.05, 4.69) is 15.6 Å². The lowest BCUT2D eigenvalue weighted by Gasteiger charge is -2.37. The molecular weight excluding hydrogens is 300 g/mol. The number of nitrogens with one attached hydrogen (secondary N) is 2. The highest BCUT2D eigenvalue weighted by molar-refractivity contribution is 6.03. The summed E-state index contributed by atoms with van der Waals surface area (Å²) in [5.41, 5.74) is 0.722. The Hall–Kier alpha value is -2.48. The first-order valence-electron chi connectivity index (χ1n) is 7.50. The quantitative estimate of drug-likeness (QED) is 0.637. The molecule has 1 aromatic rings. The predicted molar refractivity (Wildman–Crippen MR) is 79.0 cm³/mol. The minimum absolute atomic E-state index is 0.108. The molecule has 2 fully saturated rings. The van der Waals surface area contributed by atoms with E-state index in [9.17, 15) is 19.5 Å². The Morgan fingerprint density at radius 3 is 2.78 bits per heavy atom. The van der Waals surface area contributed by atoms with Crippen LogP contribution in [0.1, 0.15) is 24.6 Å². The summed E-state index contributed by atoms with van der Waals surface area (Å²) in [6.07, 6.45) is 2.51. The fraction of sp³-hybridized carbons (Fsp3) is 0.467. The molecule has 3 rings (SSSR count). The minimum atomic E-state index is -0.557. The molecule has 1 atom stereocenters. The number of amides is 4. The Morgan fingerprint density at radius 2 is 2.22 bits per heavy atom. The third kappa shape index (κ3) is 3.48. The number of imide groups is 1. The molecule has 1 saturated heterocycles. The SMILES string of the molecule is O=C1CN(CC(=O)N[C@@H](c2ccccn2)C2CC(O)C2)C(=O)N1. The molecule has 122 valence electrons. The van der Waals surface area contributed by atoms with Crippen molar-refractivity contribution < 1.29 is 19.5 Å². The zero-order valence-corrected chi connectivity index (χ0v) is 12.4. The fourth-order valence-electron chi connectivity index (χ4n) is 2.90. The smallest absolute Gasteiger partial charge is 0.325 e. The lowest BCUT2D eigenvalue weighted by atomic mass is 9.76. The van der Waals surface area contributed by atoms with Gasteiger partial charge in [0.05, 0.1) is 17.8 Å². The Kier molecular flexibility index (Phi) is 4.24. The van der Waals surface area contributed by atoms with Crippen molar-refractivity contribution in [1.29, 1.82) is 0 Å². The van der Waals surface area contributed by atoms with E-state index in [0.717, 1.165) is 10.6 Å². The van der Waals surface area contributed by atoms with E-state index in [1.807, 2.05) is 12.1 Å². The molecule has 8 nitrogen and oxygen atoms in total. The predicted octanol–water partition coefficient (Wildman–Crippen LogP) is -0.438. The van der Waals surface area contributed by atoms with Gasteiger partial charge in [0.25, 0.3) is 0 Å². The third-order valence-electron chi connectivity index (χ3n) is 4.15. The van der Waals surface area contributed by atoms with Crippen LogP contribution in [0.15, 0.2) is 24.4 Å². The summed E-state index contributed by atoms with van der Waals surface area (Å²) in [5.74, 6) is -0.657. The normalized spacial score (nSPS) is 24.8. The Morgan fingerprint density at radius 1 is 1.43 bits per heavy atom. The molecular formula is C15H18N4O4. The Balaban J connectivity index is 1.65. The number of aliphatic hydroxyl groups is 1. The van der Waals surface area contributed by atoms with Crippen LogP contribution in [0.4, 0.5) is 4.79 Å². The monoisotopic (exact) mass is 318 g/mol. The van der Waals surface area contributed by atoms with Crippen molar-refractivity contribution in [3.8, 4) is 0 Å². The Labute approximate surface area is 132 Å². The van der Waals surface area contributed by atoms with E-state index in [4.69, 9.17) is 0 Å². The first kappa shape index (κ1) is 15.4. The van der Waals surface area contributed by atoms with Gasteiger partial charge in [-0.25, -0.2) is 4.79 Å². The van der Waals surface area contributed by atoms with Gasteiger partial charge in [0, 0.05) is 6.20 Å². The highest BCUT2D eigenvalue weighted by Crippen LogP contribution is 2.37. The number of nitrogens with zero attached hydrogens (tertiary/aromatic N) is 2. The molecule has 1 saturated carbocycles. The zero-order valence-electron chi connectivity index (χ0n) is 12.4. The van der Waals surface area contributed by atoms with Gasteiger partial charge in [-0.2, -0.15) is 0 Å². The third-order valence-corrected chi connectivity index (χ3v) is 4.15. The van der Waals surface area contributed by atoms with Gasteiger partial charge in [-0.15, -0.1) is 0 Å². The van der Waals surface area contributed by atoms with Gasteiger partial charge in [-0.3, -0.25) is 19.9 Å². The van der Waals surface area contributed by atoms with E-state index in [-0.39, 0.29) is 37.1 Å². The highest BCUT2D eigenvalue weighted by Gasteiger charge is 2.37. The van der Waals surface area contributed by atoms with Crippen molar-refractivity contribution in [2.24, 2.45) is 5.92 Å². The van der Waals surface area contributed by atoms with Crippen LogP contribution in [-0.4, -0.2) is 52.0 Å². The number of rotatable bonds is 5. The number of pyridine rings is 1. The first-order chi connectivity index (χ1) is 11.0. The standard InChI is InChI=1S/C15H18N4O4/c20-10-5-9(6-10)14(11-3-1-2-4-16-11)17-12(21)7-19-8-13(22)18-15(19)23/h1-4,9-10,14,20H,5-8H2,(H,17,21)(H,18,22,23)/t9?,10?,14-/m1/s1. The molecule has 8 heteroatoms. The summed E-state index contributed by atoms with van der Waals surface area (Å²) >= 11 is 0. The number of hydrogen-bond donors (Lipinski definition) is 3. The number of carbonyl (C=O) groups excluding carboxylic acids is 3. The van der Waals surface area contributed by atoms with Gasteiger partial charge >= 0.3 is 6.03 Å².